The first kappa shape index (κ1) is 20.9. The third-order valence-electron chi connectivity index (χ3n) is 4.14. The SMILES string of the molecule is CN=C(NCCc1cccc(C(=O)N(C)C)c1)NCc1ccc(C#N)cc1F. The van der Waals surface area contributed by atoms with Gasteiger partial charge in [0.1, 0.15) is 5.82 Å². The van der Waals surface area contributed by atoms with Gasteiger partial charge in [-0.1, -0.05) is 18.2 Å². The van der Waals surface area contributed by atoms with Crippen LogP contribution in [0.25, 0.3) is 0 Å². The van der Waals surface area contributed by atoms with Gasteiger partial charge >= 0.3 is 0 Å². The van der Waals surface area contributed by atoms with E-state index in [0.29, 0.717) is 35.6 Å². The van der Waals surface area contributed by atoms with Gasteiger partial charge in [-0.2, -0.15) is 5.26 Å². The Kier molecular flexibility index (Phi) is 7.52. The van der Waals surface area contributed by atoms with Crippen molar-refractivity contribution >= 4 is 11.9 Å². The smallest absolute Gasteiger partial charge is 0.253 e. The van der Waals surface area contributed by atoms with E-state index < -0.39 is 5.82 Å². The standard InChI is InChI=1S/C21H24FN5O/c1-24-21(26-14-18-8-7-16(13-23)12-19(18)22)25-10-9-15-5-4-6-17(11-15)20(28)27(2)3/h4-8,11-12H,9-10,14H2,1-3H3,(H2,24,25,26). The zero-order chi connectivity index (χ0) is 20.5. The van der Waals surface area contributed by atoms with E-state index >= 15 is 0 Å². The Morgan fingerprint density at radius 2 is 2.00 bits per heavy atom. The summed E-state index contributed by atoms with van der Waals surface area (Å²) >= 11 is 0. The van der Waals surface area contributed by atoms with Gasteiger partial charge in [0.2, 0.25) is 0 Å². The minimum atomic E-state index is -0.427. The summed E-state index contributed by atoms with van der Waals surface area (Å²) in [4.78, 5) is 17.7. The van der Waals surface area contributed by atoms with Gasteiger partial charge in [-0.25, -0.2) is 4.39 Å². The van der Waals surface area contributed by atoms with Crippen LogP contribution in [0.1, 0.15) is 27.0 Å². The lowest BCUT2D eigenvalue weighted by molar-refractivity contribution is 0.0827. The van der Waals surface area contributed by atoms with Crippen molar-refractivity contribution in [2.24, 2.45) is 4.99 Å². The van der Waals surface area contributed by atoms with Gasteiger partial charge in [-0.3, -0.25) is 9.79 Å². The van der Waals surface area contributed by atoms with Gasteiger partial charge < -0.3 is 15.5 Å². The lowest BCUT2D eigenvalue weighted by atomic mass is 10.1. The number of carbonyl (C=O) groups is 1. The Morgan fingerprint density at radius 1 is 1.21 bits per heavy atom. The van der Waals surface area contributed by atoms with Gasteiger partial charge in [-0.15, -0.1) is 0 Å². The molecule has 0 aliphatic carbocycles. The molecule has 6 nitrogen and oxygen atoms in total. The van der Waals surface area contributed by atoms with Crippen molar-refractivity contribution in [1.29, 1.82) is 5.26 Å². The molecule has 0 radical (unpaired) electrons. The molecule has 1 amide bonds. The van der Waals surface area contributed by atoms with Crippen LogP contribution in [0.3, 0.4) is 0 Å². The molecular weight excluding hydrogens is 357 g/mol. The van der Waals surface area contributed by atoms with Crippen LogP contribution in [0.4, 0.5) is 4.39 Å². The van der Waals surface area contributed by atoms with Crippen molar-refractivity contribution in [1.82, 2.24) is 15.5 Å². The maximum absolute atomic E-state index is 13.9. The average molecular weight is 381 g/mol. The van der Waals surface area contributed by atoms with E-state index in [4.69, 9.17) is 5.26 Å². The summed E-state index contributed by atoms with van der Waals surface area (Å²) in [5, 5.41) is 15.0. The Hall–Kier alpha value is -3.40. The number of amides is 1. The summed E-state index contributed by atoms with van der Waals surface area (Å²) in [5.41, 5.74) is 2.44. The van der Waals surface area contributed by atoms with Crippen molar-refractivity contribution in [3.63, 3.8) is 0 Å². The quantitative estimate of drug-likeness (QED) is 0.594. The molecule has 2 aromatic rings. The second kappa shape index (κ2) is 10.1. The summed E-state index contributed by atoms with van der Waals surface area (Å²) in [7, 11) is 5.09. The molecule has 28 heavy (non-hydrogen) atoms. The predicted octanol–water partition coefficient (Wildman–Crippen LogP) is 2.31. The van der Waals surface area contributed by atoms with E-state index in [9.17, 15) is 9.18 Å². The van der Waals surface area contributed by atoms with Crippen molar-refractivity contribution in [2.45, 2.75) is 13.0 Å². The first-order valence-corrected chi connectivity index (χ1v) is 8.88. The number of carbonyl (C=O) groups excluding carboxylic acids is 1. The second-order valence-corrected chi connectivity index (χ2v) is 6.42. The van der Waals surface area contributed by atoms with Crippen molar-refractivity contribution in [3.8, 4) is 6.07 Å². The van der Waals surface area contributed by atoms with Gasteiger partial charge in [0, 0.05) is 45.4 Å². The Balaban J connectivity index is 1.87. The van der Waals surface area contributed by atoms with Gasteiger partial charge in [0.05, 0.1) is 11.6 Å². The lowest BCUT2D eigenvalue weighted by Crippen LogP contribution is -2.38. The summed E-state index contributed by atoms with van der Waals surface area (Å²) in [6.07, 6.45) is 0.709. The van der Waals surface area contributed by atoms with Crippen molar-refractivity contribution in [2.75, 3.05) is 27.7 Å². The number of rotatable bonds is 6. The van der Waals surface area contributed by atoms with E-state index in [0.717, 1.165) is 5.56 Å². The second-order valence-electron chi connectivity index (χ2n) is 6.42. The zero-order valence-electron chi connectivity index (χ0n) is 16.3. The Morgan fingerprint density at radius 3 is 2.64 bits per heavy atom. The number of nitrogens with zero attached hydrogens (tertiary/aromatic N) is 3. The molecule has 0 fully saturated rings. The number of guanidine groups is 1. The van der Waals surface area contributed by atoms with Gasteiger partial charge in [-0.05, 0) is 36.2 Å². The molecule has 2 N–H and O–H groups in total. The van der Waals surface area contributed by atoms with Crippen LogP contribution in [0, 0.1) is 17.1 Å². The number of hydrogen-bond donors (Lipinski definition) is 2. The topological polar surface area (TPSA) is 80.5 Å². The number of benzene rings is 2. The van der Waals surface area contributed by atoms with Crippen molar-refractivity contribution in [3.05, 3.63) is 70.5 Å². The number of aliphatic imine (C=N–C) groups is 1. The summed E-state index contributed by atoms with van der Waals surface area (Å²) in [6, 6.07) is 13.8. The minimum Gasteiger partial charge on any atom is -0.356 e. The highest BCUT2D eigenvalue weighted by Gasteiger charge is 2.08. The molecule has 7 heteroatoms. The average Bonchev–Trinajstić information content (AvgIpc) is 2.70. The molecule has 2 rings (SSSR count). The molecule has 0 atom stereocenters. The zero-order valence-corrected chi connectivity index (χ0v) is 16.3. The Labute approximate surface area is 164 Å². The van der Waals surface area contributed by atoms with Crippen LogP contribution < -0.4 is 10.6 Å². The molecule has 0 saturated carbocycles. The van der Waals surface area contributed by atoms with E-state index in [2.05, 4.69) is 15.6 Å². The van der Waals surface area contributed by atoms with E-state index in [1.165, 1.54) is 6.07 Å². The summed E-state index contributed by atoms with van der Waals surface area (Å²) in [6.45, 7) is 0.860. The number of halogens is 1. The normalized spacial score (nSPS) is 10.9. The third kappa shape index (κ3) is 5.81. The van der Waals surface area contributed by atoms with E-state index in [-0.39, 0.29) is 12.5 Å². The summed E-state index contributed by atoms with van der Waals surface area (Å²) in [5.74, 6) is 0.0883. The fraction of sp³-hybridized carbons (Fsp3) is 0.286. The highest BCUT2D eigenvalue weighted by atomic mass is 19.1. The molecule has 2 aromatic carbocycles. The molecule has 0 heterocycles. The summed E-state index contributed by atoms with van der Waals surface area (Å²) < 4.78 is 13.9. The molecule has 0 unspecified atom stereocenters. The first-order chi connectivity index (χ1) is 13.4. The molecule has 0 saturated heterocycles. The van der Waals surface area contributed by atoms with E-state index in [1.807, 2.05) is 24.3 Å². The predicted molar refractivity (Wildman–Crippen MR) is 107 cm³/mol. The maximum Gasteiger partial charge on any atom is 0.253 e. The highest BCUT2D eigenvalue weighted by molar-refractivity contribution is 5.94. The van der Waals surface area contributed by atoms with Crippen LogP contribution in [-0.4, -0.2) is 44.5 Å². The van der Waals surface area contributed by atoms with Gasteiger partial charge in [0.15, 0.2) is 5.96 Å². The maximum atomic E-state index is 13.9. The number of nitrogens with one attached hydrogen (secondary N) is 2. The van der Waals surface area contributed by atoms with Crippen molar-refractivity contribution < 1.29 is 9.18 Å². The minimum absolute atomic E-state index is 0.0308. The van der Waals surface area contributed by atoms with Crippen LogP contribution in [0.2, 0.25) is 0 Å². The molecule has 0 bridgehead atoms. The lowest BCUT2D eigenvalue weighted by Gasteiger charge is -2.13. The largest absolute Gasteiger partial charge is 0.356 e. The molecule has 146 valence electrons. The molecule has 0 aliphatic heterocycles. The molecule has 0 aliphatic rings. The van der Waals surface area contributed by atoms with Crippen LogP contribution >= 0.6 is 0 Å². The Bertz CT molecular complexity index is 902. The van der Waals surface area contributed by atoms with Crippen LogP contribution in [0.5, 0.6) is 0 Å². The first-order valence-electron chi connectivity index (χ1n) is 8.88. The van der Waals surface area contributed by atoms with Gasteiger partial charge in [0.25, 0.3) is 5.91 Å². The van der Waals surface area contributed by atoms with E-state index in [1.54, 1.807) is 44.2 Å². The van der Waals surface area contributed by atoms with Crippen LogP contribution in [0.15, 0.2) is 47.5 Å². The van der Waals surface area contributed by atoms with Crippen LogP contribution in [-0.2, 0) is 13.0 Å². The molecule has 0 aromatic heterocycles. The fourth-order valence-electron chi connectivity index (χ4n) is 2.60. The highest BCUT2D eigenvalue weighted by Crippen LogP contribution is 2.10. The monoisotopic (exact) mass is 381 g/mol. The number of nitriles is 1. The fourth-order valence-corrected chi connectivity index (χ4v) is 2.60. The molecular formula is C21H24FN5O. The molecule has 0 spiro atoms. The third-order valence-corrected chi connectivity index (χ3v) is 4.14. The number of hydrogen-bond acceptors (Lipinski definition) is 3.